The molecule has 0 unspecified atom stereocenters. The molecule has 7 nitrogen and oxygen atoms in total. The van der Waals surface area contributed by atoms with Crippen molar-refractivity contribution in [2.75, 3.05) is 13.1 Å². The Bertz CT molecular complexity index is 1170. The molecule has 1 saturated heterocycles. The lowest BCUT2D eigenvalue weighted by atomic mass is 10.4. The maximum Gasteiger partial charge on any atom is 0.258 e. The number of sulfonamides is 1. The third-order valence-electron chi connectivity index (χ3n) is 4.46. The first kappa shape index (κ1) is 19.6. The highest BCUT2D eigenvalue weighted by Crippen LogP contribution is 2.24. The summed E-state index contributed by atoms with van der Waals surface area (Å²) in [6.45, 7) is 1.14. The molecule has 146 valence electrons. The van der Waals surface area contributed by atoms with E-state index in [4.69, 9.17) is 0 Å². The van der Waals surface area contributed by atoms with E-state index in [1.807, 2.05) is 6.07 Å². The summed E-state index contributed by atoms with van der Waals surface area (Å²) < 4.78 is 28.9. The quantitative estimate of drug-likeness (QED) is 0.521. The van der Waals surface area contributed by atoms with Gasteiger partial charge in [-0.1, -0.05) is 0 Å². The van der Waals surface area contributed by atoms with Crippen molar-refractivity contribution in [3.63, 3.8) is 0 Å². The summed E-state index contributed by atoms with van der Waals surface area (Å²) in [7, 11) is -3.45. The van der Waals surface area contributed by atoms with E-state index in [1.165, 1.54) is 32.7 Å². The summed E-state index contributed by atoms with van der Waals surface area (Å²) in [6.07, 6.45) is 4.88. The summed E-state index contributed by atoms with van der Waals surface area (Å²) >= 11 is 4.75. The summed E-state index contributed by atoms with van der Waals surface area (Å²) in [5.41, 5.74) is 1.07. The van der Waals surface area contributed by atoms with Crippen LogP contribution in [0.15, 0.2) is 61.9 Å². The Morgan fingerprint density at radius 3 is 2.64 bits per heavy atom. The molecule has 0 aliphatic carbocycles. The van der Waals surface area contributed by atoms with Crippen molar-refractivity contribution >= 4 is 43.4 Å². The maximum atomic E-state index is 12.5. The third-order valence-corrected chi connectivity index (χ3v) is 7.79. The highest BCUT2D eigenvalue weighted by molar-refractivity contribution is 9.10. The highest BCUT2D eigenvalue weighted by Gasteiger charge is 2.27. The van der Waals surface area contributed by atoms with Gasteiger partial charge in [-0.25, -0.2) is 18.4 Å². The van der Waals surface area contributed by atoms with Crippen LogP contribution in [0.1, 0.15) is 18.5 Å². The Balaban J connectivity index is 1.49. The molecule has 0 amide bonds. The fraction of sp³-hybridized carbons (Fsp3) is 0.278. The van der Waals surface area contributed by atoms with Gasteiger partial charge in [-0.2, -0.15) is 4.31 Å². The minimum absolute atomic E-state index is 0.151. The van der Waals surface area contributed by atoms with E-state index in [-0.39, 0.29) is 10.5 Å². The predicted octanol–water partition coefficient (Wildman–Crippen LogP) is 2.93. The summed E-state index contributed by atoms with van der Waals surface area (Å²) in [5.74, 6) is 0.465. The standard InChI is InChI=1S/C18H17BrN4O3S2/c19-13-3-5-16-21-14(9-18(24)23(16)11-13)12-27-17-6-4-15(10-20-17)28(25,26)22-7-1-2-8-22/h3-6,9-11H,1-2,7-8,12H2. The molecule has 3 aromatic rings. The van der Waals surface area contributed by atoms with Gasteiger partial charge in [0.05, 0.1) is 10.7 Å². The van der Waals surface area contributed by atoms with Crippen LogP contribution in [0.2, 0.25) is 0 Å². The smallest absolute Gasteiger partial charge is 0.258 e. The Hall–Kier alpha value is -1.75. The van der Waals surface area contributed by atoms with Gasteiger partial charge < -0.3 is 0 Å². The number of nitrogens with zero attached hydrogens (tertiary/aromatic N) is 4. The minimum Gasteiger partial charge on any atom is -0.269 e. The van der Waals surface area contributed by atoms with Crippen LogP contribution < -0.4 is 5.56 Å². The minimum atomic E-state index is -3.45. The largest absolute Gasteiger partial charge is 0.269 e. The maximum absolute atomic E-state index is 12.5. The van der Waals surface area contributed by atoms with Gasteiger partial charge in [-0.05, 0) is 53.0 Å². The van der Waals surface area contributed by atoms with Gasteiger partial charge in [0, 0.05) is 41.8 Å². The summed E-state index contributed by atoms with van der Waals surface area (Å²) in [4.78, 5) is 21.2. The average molecular weight is 481 g/mol. The van der Waals surface area contributed by atoms with Crippen molar-refractivity contribution in [3.05, 3.63) is 63.2 Å². The summed E-state index contributed by atoms with van der Waals surface area (Å²) in [6, 6.07) is 8.39. The molecule has 1 aliphatic heterocycles. The number of halogens is 1. The summed E-state index contributed by atoms with van der Waals surface area (Å²) in [5, 5.41) is 0.679. The SMILES string of the molecule is O=c1cc(CSc2ccc(S(=O)(=O)N3CCCC3)cn2)nc2ccc(Br)cn12. The van der Waals surface area contributed by atoms with Crippen LogP contribution in [0, 0.1) is 0 Å². The van der Waals surface area contributed by atoms with Crippen molar-refractivity contribution in [1.82, 2.24) is 18.7 Å². The molecule has 0 saturated carbocycles. The van der Waals surface area contributed by atoms with Gasteiger partial charge in [0.2, 0.25) is 10.0 Å². The van der Waals surface area contributed by atoms with Crippen molar-refractivity contribution < 1.29 is 8.42 Å². The normalized spacial score (nSPS) is 15.3. The molecule has 0 radical (unpaired) electrons. The first-order valence-electron chi connectivity index (χ1n) is 8.70. The average Bonchev–Trinajstić information content (AvgIpc) is 3.23. The Kier molecular flexibility index (Phi) is 5.55. The van der Waals surface area contributed by atoms with E-state index in [0.717, 1.165) is 17.3 Å². The molecule has 1 aliphatic rings. The molecular weight excluding hydrogens is 464 g/mol. The van der Waals surface area contributed by atoms with Crippen LogP contribution >= 0.6 is 27.7 Å². The molecular formula is C18H17BrN4O3S2. The first-order chi connectivity index (χ1) is 13.4. The van der Waals surface area contributed by atoms with Crippen LogP contribution in [-0.4, -0.2) is 40.2 Å². The van der Waals surface area contributed by atoms with E-state index in [2.05, 4.69) is 25.9 Å². The Labute approximate surface area is 175 Å². The molecule has 0 bridgehead atoms. The second-order valence-corrected chi connectivity index (χ2v) is 10.2. The first-order valence-corrected chi connectivity index (χ1v) is 11.9. The van der Waals surface area contributed by atoms with Gasteiger partial charge in [0.15, 0.2) is 0 Å². The molecule has 4 heterocycles. The zero-order valence-corrected chi connectivity index (χ0v) is 18.0. The number of hydrogen-bond acceptors (Lipinski definition) is 6. The van der Waals surface area contributed by atoms with E-state index in [9.17, 15) is 13.2 Å². The van der Waals surface area contributed by atoms with Crippen molar-refractivity contribution in [2.24, 2.45) is 0 Å². The van der Waals surface area contributed by atoms with Crippen molar-refractivity contribution in [2.45, 2.75) is 28.5 Å². The molecule has 0 spiro atoms. The van der Waals surface area contributed by atoms with Crippen LogP contribution in [-0.2, 0) is 15.8 Å². The van der Waals surface area contributed by atoms with Crippen LogP contribution in [0.4, 0.5) is 0 Å². The van der Waals surface area contributed by atoms with E-state index < -0.39 is 10.0 Å². The second-order valence-electron chi connectivity index (χ2n) is 6.39. The molecule has 0 N–H and O–H groups in total. The van der Waals surface area contributed by atoms with Gasteiger partial charge in [0.1, 0.15) is 10.5 Å². The van der Waals surface area contributed by atoms with Gasteiger partial charge >= 0.3 is 0 Å². The Morgan fingerprint density at radius 1 is 1.14 bits per heavy atom. The number of hydrogen-bond donors (Lipinski definition) is 0. The van der Waals surface area contributed by atoms with Gasteiger partial charge in [-0.15, -0.1) is 11.8 Å². The predicted molar refractivity (Wildman–Crippen MR) is 111 cm³/mol. The molecule has 0 aromatic carbocycles. The lowest BCUT2D eigenvalue weighted by molar-refractivity contribution is 0.477. The molecule has 0 atom stereocenters. The van der Waals surface area contributed by atoms with E-state index in [1.54, 1.807) is 24.4 Å². The molecule has 10 heteroatoms. The van der Waals surface area contributed by atoms with E-state index in [0.29, 0.717) is 35.2 Å². The fourth-order valence-corrected chi connectivity index (χ4v) is 5.57. The highest BCUT2D eigenvalue weighted by atomic mass is 79.9. The van der Waals surface area contributed by atoms with Crippen LogP contribution in [0.3, 0.4) is 0 Å². The lowest BCUT2D eigenvalue weighted by Crippen LogP contribution is -2.27. The fourth-order valence-electron chi connectivity index (χ4n) is 3.03. The monoisotopic (exact) mass is 480 g/mol. The van der Waals surface area contributed by atoms with Crippen LogP contribution in [0.5, 0.6) is 0 Å². The number of pyridine rings is 2. The molecule has 1 fully saturated rings. The zero-order valence-electron chi connectivity index (χ0n) is 14.8. The van der Waals surface area contributed by atoms with Gasteiger partial charge in [0.25, 0.3) is 5.56 Å². The zero-order chi connectivity index (χ0) is 19.7. The number of thioether (sulfide) groups is 1. The molecule has 4 rings (SSSR count). The van der Waals surface area contributed by atoms with Crippen molar-refractivity contribution in [3.8, 4) is 0 Å². The van der Waals surface area contributed by atoms with Crippen LogP contribution in [0.25, 0.3) is 5.65 Å². The Morgan fingerprint density at radius 2 is 1.93 bits per heavy atom. The number of aromatic nitrogens is 3. The topological polar surface area (TPSA) is 84.6 Å². The third kappa shape index (κ3) is 4.00. The molecule has 3 aromatic heterocycles. The van der Waals surface area contributed by atoms with E-state index >= 15 is 0 Å². The number of rotatable bonds is 5. The number of fused-ring (bicyclic) bond motifs is 1. The second kappa shape index (κ2) is 7.94. The molecule has 28 heavy (non-hydrogen) atoms. The lowest BCUT2D eigenvalue weighted by Gasteiger charge is -2.15. The van der Waals surface area contributed by atoms with Crippen molar-refractivity contribution in [1.29, 1.82) is 0 Å². The van der Waals surface area contributed by atoms with Gasteiger partial charge in [-0.3, -0.25) is 9.20 Å².